The highest BCUT2D eigenvalue weighted by molar-refractivity contribution is 5.86. The number of rotatable bonds is 5. The Morgan fingerprint density at radius 2 is 1.35 bits per heavy atom. The minimum atomic E-state index is -1.08. The maximum Gasteiger partial charge on any atom is 0.227 e. The highest BCUT2D eigenvalue weighted by Gasteiger charge is 2.50. The second-order valence-electron chi connectivity index (χ2n) is 9.06. The van der Waals surface area contributed by atoms with Gasteiger partial charge in [0.15, 0.2) is 0 Å². The lowest BCUT2D eigenvalue weighted by atomic mass is 9.82. The van der Waals surface area contributed by atoms with Crippen LogP contribution < -0.4 is 10.0 Å². The van der Waals surface area contributed by atoms with E-state index < -0.39 is 17.8 Å². The van der Waals surface area contributed by atoms with Crippen LogP contribution in [-0.2, 0) is 9.59 Å². The van der Waals surface area contributed by atoms with Crippen LogP contribution in [0.25, 0.3) is 0 Å². The van der Waals surface area contributed by atoms with Crippen LogP contribution in [0, 0.1) is 23.7 Å². The number of amides is 1. The van der Waals surface area contributed by atoms with Gasteiger partial charge in [0.2, 0.25) is 5.91 Å². The van der Waals surface area contributed by atoms with Crippen molar-refractivity contribution >= 4 is 11.9 Å². The number of quaternary nitrogens is 1. The summed E-state index contributed by atoms with van der Waals surface area (Å²) >= 11 is 0. The Morgan fingerprint density at radius 3 is 1.87 bits per heavy atom. The van der Waals surface area contributed by atoms with Gasteiger partial charge < -0.3 is 19.7 Å². The van der Waals surface area contributed by atoms with Gasteiger partial charge in [0.1, 0.15) is 6.04 Å². The number of piperazine rings is 1. The molecule has 2 aromatic carbocycles. The van der Waals surface area contributed by atoms with E-state index in [1.54, 1.807) is 0 Å². The SMILES string of the molecule is O=C([O-])[C@@H]1[C@@H](C(=O)N2CC[NH+](C(c3ccccc3)c3ccccc3)CC2)[C@@H]2C=C[C@H]1C2. The summed E-state index contributed by atoms with van der Waals surface area (Å²) in [6.07, 6.45) is 4.76. The molecule has 2 aliphatic carbocycles. The summed E-state index contributed by atoms with van der Waals surface area (Å²) in [5.41, 5.74) is 2.55. The number of benzene rings is 2. The smallest absolute Gasteiger partial charge is 0.227 e. The summed E-state index contributed by atoms with van der Waals surface area (Å²) in [6, 6.07) is 21.3. The molecule has 1 amide bonds. The number of carbonyl (C=O) groups excluding carboxylic acids is 2. The van der Waals surface area contributed by atoms with Crippen LogP contribution in [0.15, 0.2) is 72.8 Å². The molecule has 0 aromatic heterocycles. The van der Waals surface area contributed by atoms with Gasteiger partial charge in [0.05, 0.1) is 32.1 Å². The van der Waals surface area contributed by atoms with E-state index in [0.29, 0.717) is 13.1 Å². The monoisotopic (exact) mass is 416 g/mol. The Balaban J connectivity index is 1.32. The highest BCUT2D eigenvalue weighted by Crippen LogP contribution is 2.48. The van der Waals surface area contributed by atoms with Gasteiger partial charge in [-0.3, -0.25) is 4.79 Å². The van der Waals surface area contributed by atoms with Gasteiger partial charge in [-0.15, -0.1) is 0 Å². The average Bonchev–Trinajstić information content (AvgIpc) is 3.43. The summed E-state index contributed by atoms with van der Waals surface area (Å²) in [7, 11) is 0. The quantitative estimate of drug-likeness (QED) is 0.730. The molecule has 1 N–H and O–H groups in total. The van der Waals surface area contributed by atoms with Crippen molar-refractivity contribution in [2.45, 2.75) is 12.5 Å². The topological polar surface area (TPSA) is 64.9 Å². The molecule has 0 spiro atoms. The zero-order valence-electron chi connectivity index (χ0n) is 17.5. The standard InChI is InChI=1S/C26H28N2O3/c29-25(22-20-11-12-21(17-20)23(22)26(30)31)28-15-13-27(14-16-28)24(18-7-3-1-4-8-18)19-9-5-2-6-10-19/h1-12,20-24H,13-17H2,(H,30,31)/t20-,21+,22+,23+/m1/s1. The van der Waals surface area contributed by atoms with E-state index in [-0.39, 0.29) is 23.8 Å². The first-order valence-electron chi connectivity index (χ1n) is 11.3. The van der Waals surface area contributed by atoms with Crippen molar-refractivity contribution in [1.29, 1.82) is 0 Å². The zero-order valence-corrected chi connectivity index (χ0v) is 17.5. The first-order valence-corrected chi connectivity index (χ1v) is 11.3. The fourth-order valence-corrected chi connectivity index (χ4v) is 5.95. The molecular weight excluding hydrogens is 388 g/mol. The Hall–Kier alpha value is -2.92. The fourth-order valence-electron chi connectivity index (χ4n) is 5.95. The van der Waals surface area contributed by atoms with Crippen LogP contribution in [0.4, 0.5) is 0 Å². The lowest BCUT2D eigenvalue weighted by Crippen LogP contribution is -3.15. The molecule has 0 radical (unpaired) electrons. The molecule has 2 bridgehead atoms. The third-order valence-corrected chi connectivity index (χ3v) is 7.41. The van der Waals surface area contributed by atoms with Crippen LogP contribution in [0.2, 0.25) is 0 Å². The molecule has 5 nitrogen and oxygen atoms in total. The summed E-state index contributed by atoms with van der Waals surface area (Å²) in [5.74, 6) is -2.20. The largest absolute Gasteiger partial charge is 0.550 e. The molecule has 3 aliphatic rings. The van der Waals surface area contributed by atoms with E-state index in [2.05, 4.69) is 48.5 Å². The molecule has 4 atom stereocenters. The number of carboxylic acid groups (broad SMARTS) is 1. The minimum Gasteiger partial charge on any atom is -0.550 e. The van der Waals surface area contributed by atoms with E-state index >= 15 is 0 Å². The van der Waals surface area contributed by atoms with Crippen molar-refractivity contribution in [3.8, 4) is 0 Å². The van der Waals surface area contributed by atoms with E-state index in [9.17, 15) is 14.7 Å². The predicted octanol–water partition coefficient (Wildman–Crippen LogP) is 0.691. The molecular formula is C26H28N2O3. The third kappa shape index (κ3) is 3.68. The number of fused-ring (bicyclic) bond motifs is 2. The van der Waals surface area contributed by atoms with Crippen molar-refractivity contribution in [1.82, 2.24) is 4.90 Å². The molecule has 1 saturated heterocycles. The maximum absolute atomic E-state index is 13.3. The van der Waals surface area contributed by atoms with E-state index in [1.165, 1.54) is 16.0 Å². The molecule has 0 unspecified atom stereocenters. The normalized spacial score (nSPS) is 27.7. The molecule has 2 fully saturated rings. The fraction of sp³-hybridized carbons (Fsp3) is 0.385. The summed E-state index contributed by atoms with van der Waals surface area (Å²) in [6.45, 7) is 2.99. The Labute approximate surface area is 183 Å². The summed E-state index contributed by atoms with van der Waals surface area (Å²) < 4.78 is 0. The second-order valence-corrected chi connectivity index (χ2v) is 9.06. The summed E-state index contributed by atoms with van der Waals surface area (Å²) in [4.78, 5) is 28.4. The zero-order chi connectivity index (χ0) is 21.4. The van der Waals surface area contributed by atoms with Crippen molar-refractivity contribution in [2.75, 3.05) is 26.2 Å². The minimum absolute atomic E-state index is 0.000993. The van der Waals surface area contributed by atoms with Crippen LogP contribution >= 0.6 is 0 Å². The first-order chi connectivity index (χ1) is 15.1. The first kappa shape index (κ1) is 20.0. The van der Waals surface area contributed by atoms with Gasteiger partial charge in [-0.05, 0) is 18.3 Å². The number of carboxylic acids is 1. The molecule has 31 heavy (non-hydrogen) atoms. The van der Waals surface area contributed by atoms with Crippen LogP contribution in [0.1, 0.15) is 23.6 Å². The van der Waals surface area contributed by atoms with E-state index in [0.717, 1.165) is 19.5 Å². The van der Waals surface area contributed by atoms with Gasteiger partial charge in [-0.2, -0.15) is 0 Å². The lowest BCUT2D eigenvalue weighted by Gasteiger charge is -2.39. The molecule has 2 aromatic rings. The van der Waals surface area contributed by atoms with Crippen molar-refractivity contribution in [2.24, 2.45) is 23.7 Å². The number of hydrogen-bond donors (Lipinski definition) is 1. The van der Waals surface area contributed by atoms with E-state index in [4.69, 9.17) is 0 Å². The van der Waals surface area contributed by atoms with Gasteiger partial charge in [-0.25, -0.2) is 0 Å². The number of hydrogen-bond acceptors (Lipinski definition) is 3. The van der Waals surface area contributed by atoms with Crippen molar-refractivity contribution in [3.05, 3.63) is 83.9 Å². The van der Waals surface area contributed by atoms with E-state index in [1.807, 2.05) is 29.2 Å². The number of nitrogens with zero attached hydrogens (tertiary/aromatic N) is 1. The number of allylic oxidation sites excluding steroid dienone is 2. The molecule has 1 aliphatic heterocycles. The van der Waals surface area contributed by atoms with Gasteiger partial charge >= 0.3 is 0 Å². The third-order valence-electron chi connectivity index (χ3n) is 7.41. The summed E-state index contributed by atoms with van der Waals surface area (Å²) in [5, 5.41) is 11.7. The van der Waals surface area contributed by atoms with Crippen LogP contribution in [0.3, 0.4) is 0 Å². The van der Waals surface area contributed by atoms with Gasteiger partial charge in [-0.1, -0.05) is 72.8 Å². The number of carbonyl (C=O) groups is 2. The van der Waals surface area contributed by atoms with Gasteiger partial charge in [0.25, 0.3) is 0 Å². The van der Waals surface area contributed by atoms with Crippen LogP contribution in [-0.4, -0.2) is 43.0 Å². The number of aliphatic carboxylic acids is 1. The Bertz CT molecular complexity index is 927. The van der Waals surface area contributed by atoms with Crippen LogP contribution in [0.5, 0.6) is 0 Å². The van der Waals surface area contributed by atoms with Crippen molar-refractivity contribution < 1.29 is 19.6 Å². The molecule has 1 heterocycles. The molecule has 5 heteroatoms. The second kappa shape index (κ2) is 8.31. The maximum atomic E-state index is 13.3. The Kier molecular flexibility index (Phi) is 5.36. The lowest BCUT2D eigenvalue weighted by molar-refractivity contribution is -0.929. The van der Waals surface area contributed by atoms with Gasteiger partial charge in [0, 0.05) is 23.0 Å². The molecule has 1 saturated carbocycles. The highest BCUT2D eigenvalue weighted by atomic mass is 16.4. The average molecular weight is 417 g/mol. The predicted molar refractivity (Wildman–Crippen MR) is 115 cm³/mol. The van der Waals surface area contributed by atoms with Crippen molar-refractivity contribution in [3.63, 3.8) is 0 Å². The number of nitrogens with one attached hydrogen (secondary N) is 1. The Morgan fingerprint density at radius 1 is 0.839 bits per heavy atom. The molecule has 160 valence electrons. The molecule has 5 rings (SSSR count).